The van der Waals surface area contributed by atoms with Crippen molar-refractivity contribution in [2.24, 2.45) is 12.1 Å². The molecule has 0 saturated heterocycles. The van der Waals surface area contributed by atoms with Gasteiger partial charge in [0, 0.05) is 28.4 Å². The Bertz CT molecular complexity index is 891. The van der Waals surface area contributed by atoms with Gasteiger partial charge in [0.2, 0.25) is 5.13 Å². The van der Waals surface area contributed by atoms with Crippen molar-refractivity contribution in [1.29, 1.82) is 5.26 Å². The number of hydrogen-bond donors (Lipinski definition) is 1. The molecule has 0 aliphatic carbocycles. The fraction of sp³-hybridized carbons (Fsp3) is 0.188. The molecule has 2 heterocycles. The summed E-state index contributed by atoms with van der Waals surface area (Å²) in [5.74, 6) is 0. The third-order valence-corrected chi connectivity index (χ3v) is 4.61. The van der Waals surface area contributed by atoms with E-state index in [1.165, 1.54) is 4.88 Å². The van der Waals surface area contributed by atoms with E-state index < -0.39 is 0 Å². The largest absolute Gasteiger partial charge is 0.335 e. The number of para-hydroxylation sites is 1. The summed E-state index contributed by atoms with van der Waals surface area (Å²) in [6, 6.07) is 10.2. The molecular weight excluding hydrogens is 294 g/mol. The lowest BCUT2D eigenvalue weighted by atomic mass is 10.1. The monoisotopic (exact) mass is 309 g/mol. The number of thiazole rings is 1. The maximum atomic E-state index is 9.39. The van der Waals surface area contributed by atoms with Crippen molar-refractivity contribution in [2.45, 2.75) is 13.8 Å². The van der Waals surface area contributed by atoms with Gasteiger partial charge in [-0.25, -0.2) is 4.98 Å². The first-order chi connectivity index (χ1) is 10.6. The van der Waals surface area contributed by atoms with Gasteiger partial charge >= 0.3 is 0 Å². The van der Waals surface area contributed by atoms with Gasteiger partial charge in [-0.2, -0.15) is 10.4 Å². The number of nitriles is 1. The maximum Gasteiger partial charge on any atom is 0.203 e. The van der Waals surface area contributed by atoms with Crippen LogP contribution >= 0.6 is 11.3 Å². The zero-order valence-electron chi connectivity index (χ0n) is 12.6. The van der Waals surface area contributed by atoms with E-state index in [0.29, 0.717) is 5.69 Å². The van der Waals surface area contributed by atoms with Crippen LogP contribution in [0.2, 0.25) is 0 Å². The quantitative estimate of drug-likeness (QED) is 0.594. The molecule has 0 spiro atoms. The lowest BCUT2D eigenvalue weighted by Gasteiger charge is -1.95. The first kappa shape index (κ1) is 14.3. The summed E-state index contributed by atoms with van der Waals surface area (Å²) in [7, 11) is 1.89. The van der Waals surface area contributed by atoms with Gasteiger partial charge < -0.3 is 4.57 Å². The van der Waals surface area contributed by atoms with Crippen molar-refractivity contribution >= 4 is 33.6 Å². The summed E-state index contributed by atoms with van der Waals surface area (Å²) < 4.78 is 1.88. The second-order valence-electron chi connectivity index (χ2n) is 4.98. The van der Waals surface area contributed by atoms with Crippen LogP contribution in [0.1, 0.15) is 21.8 Å². The summed E-state index contributed by atoms with van der Waals surface area (Å²) in [6.07, 6.45) is 1.69. The van der Waals surface area contributed by atoms with Gasteiger partial charge in [0.15, 0.2) is 0 Å². The zero-order valence-corrected chi connectivity index (χ0v) is 13.4. The van der Waals surface area contributed by atoms with Crippen molar-refractivity contribution in [3.63, 3.8) is 0 Å². The molecule has 0 radical (unpaired) electrons. The number of aromatic nitrogens is 2. The number of fused-ring (bicyclic) bond motifs is 1. The Morgan fingerprint density at radius 3 is 2.82 bits per heavy atom. The predicted octanol–water partition coefficient (Wildman–Crippen LogP) is 3.57. The van der Waals surface area contributed by atoms with E-state index in [1.54, 1.807) is 17.6 Å². The van der Waals surface area contributed by atoms with Crippen LogP contribution < -0.4 is 5.43 Å². The van der Waals surface area contributed by atoms with Crippen LogP contribution in [0.4, 0.5) is 5.13 Å². The molecule has 3 rings (SSSR count). The molecule has 0 unspecified atom stereocenters. The Kier molecular flexibility index (Phi) is 3.65. The molecule has 5 nitrogen and oxygen atoms in total. The first-order valence-electron chi connectivity index (χ1n) is 6.82. The van der Waals surface area contributed by atoms with E-state index in [4.69, 9.17) is 0 Å². The average molecular weight is 309 g/mol. The second kappa shape index (κ2) is 5.62. The van der Waals surface area contributed by atoms with E-state index in [1.807, 2.05) is 49.7 Å². The van der Waals surface area contributed by atoms with Gasteiger partial charge in [-0.15, -0.1) is 11.3 Å². The van der Waals surface area contributed by atoms with Gasteiger partial charge in [-0.1, -0.05) is 18.2 Å². The summed E-state index contributed by atoms with van der Waals surface area (Å²) in [4.78, 5) is 5.54. The molecule has 6 heteroatoms. The normalized spacial score (nSPS) is 11.2. The number of hydrogen-bond acceptors (Lipinski definition) is 5. The molecule has 1 N–H and O–H groups in total. The second-order valence-corrected chi connectivity index (χ2v) is 6.18. The molecule has 1 aromatic carbocycles. The van der Waals surface area contributed by atoms with Crippen LogP contribution in [0.25, 0.3) is 10.9 Å². The molecule has 2 aromatic heterocycles. The van der Waals surface area contributed by atoms with Crippen molar-refractivity contribution in [3.05, 3.63) is 46.1 Å². The number of nitrogens with zero attached hydrogens (tertiary/aromatic N) is 4. The molecule has 3 aromatic rings. The van der Waals surface area contributed by atoms with Gasteiger partial charge in [-0.05, 0) is 19.9 Å². The third kappa shape index (κ3) is 2.36. The van der Waals surface area contributed by atoms with Crippen LogP contribution in [-0.4, -0.2) is 15.8 Å². The maximum absolute atomic E-state index is 9.39. The van der Waals surface area contributed by atoms with E-state index in [2.05, 4.69) is 21.6 Å². The minimum atomic E-state index is 0.596. The molecule has 0 amide bonds. The van der Waals surface area contributed by atoms with Crippen LogP contribution in [-0.2, 0) is 7.05 Å². The summed E-state index contributed by atoms with van der Waals surface area (Å²) in [6.45, 7) is 4.00. The standard InChI is InChI=1S/C16H15N5S/c1-10-11(2)22-16(19-10)20-18-9-13-12-6-4-5-7-14(12)21(3)15(13)8-17/h4-7,9H,1-3H3,(H,19,20)/b18-9+. The number of benzene rings is 1. The highest BCUT2D eigenvalue weighted by Crippen LogP contribution is 2.24. The highest BCUT2D eigenvalue weighted by atomic mass is 32.1. The molecule has 0 fully saturated rings. The molecule has 0 aliphatic rings. The van der Waals surface area contributed by atoms with E-state index in [-0.39, 0.29) is 0 Å². The SMILES string of the molecule is Cc1nc(N/N=C/c2c(C#N)n(C)c3ccccc23)sc1C. The predicted molar refractivity (Wildman–Crippen MR) is 90.4 cm³/mol. The number of anilines is 1. The Labute approximate surface area is 132 Å². The lowest BCUT2D eigenvalue weighted by Crippen LogP contribution is -1.95. The fourth-order valence-electron chi connectivity index (χ4n) is 2.36. The fourth-order valence-corrected chi connectivity index (χ4v) is 3.13. The topological polar surface area (TPSA) is 66.0 Å². The molecule has 110 valence electrons. The van der Waals surface area contributed by atoms with Crippen molar-refractivity contribution in [2.75, 3.05) is 5.43 Å². The average Bonchev–Trinajstić information content (AvgIpc) is 2.98. The zero-order chi connectivity index (χ0) is 15.7. The van der Waals surface area contributed by atoms with Gasteiger partial charge in [-0.3, -0.25) is 5.43 Å². The Hall–Kier alpha value is -2.65. The Morgan fingerprint density at radius 2 is 2.14 bits per heavy atom. The van der Waals surface area contributed by atoms with E-state index in [0.717, 1.165) is 27.3 Å². The minimum absolute atomic E-state index is 0.596. The molecule has 0 bridgehead atoms. The van der Waals surface area contributed by atoms with E-state index in [9.17, 15) is 5.26 Å². The number of rotatable bonds is 3. The van der Waals surface area contributed by atoms with Crippen molar-refractivity contribution in [1.82, 2.24) is 9.55 Å². The van der Waals surface area contributed by atoms with Crippen LogP contribution in [0.5, 0.6) is 0 Å². The molecule has 0 atom stereocenters. The van der Waals surface area contributed by atoms with Crippen molar-refractivity contribution in [3.8, 4) is 6.07 Å². The Balaban J connectivity index is 1.96. The lowest BCUT2D eigenvalue weighted by molar-refractivity contribution is 0.946. The molecular formula is C16H15N5S. The summed E-state index contributed by atoms with van der Waals surface area (Å²) in [5, 5.41) is 15.4. The highest BCUT2D eigenvalue weighted by molar-refractivity contribution is 7.15. The van der Waals surface area contributed by atoms with Gasteiger partial charge in [0.05, 0.1) is 11.9 Å². The smallest absolute Gasteiger partial charge is 0.203 e. The Morgan fingerprint density at radius 1 is 1.36 bits per heavy atom. The summed E-state index contributed by atoms with van der Waals surface area (Å²) >= 11 is 1.56. The first-order valence-corrected chi connectivity index (χ1v) is 7.64. The third-order valence-electron chi connectivity index (χ3n) is 3.63. The van der Waals surface area contributed by atoms with E-state index >= 15 is 0 Å². The number of aryl methyl sites for hydroxylation is 3. The molecule has 0 saturated carbocycles. The van der Waals surface area contributed by atoms with Crippen LogP contribution in [0.3, 0.4) is 0 Å². The number of nitrogens with one attached hydrogen (secondary N) is 1. The molecule has 22 heavy (non-hydrogen) atoms. The van der Waals surface area contributed by atoms with Gasteiger partial charge in [0.25, 0.3) is 0 Å². The minimum Gasteiger partial charge on any atom is -0.335 e. The molecule has 0 aliphatic heterocycles. The van der Waals surface area contributed by atoms with Crippen molar-refractivity contribution < 1.29 is 0 Å². The number of hydrazone groups is 1. The summed E-state index contributed by atoms with van der Waals surface area (Å²) in [5.41, 5.74) is 6.37. The van der Waals surface area contributed by atoms with Crippen LogP contribution in [0, 0.1) is 25.2 Å². The van der Waals surface area contributed by atoms with Crippen LogP contribution in [0.15, 0.2) is 29.4 Å². The highest BCUT2D eigenvalue weighted by Gasteiger charge is 2.12. The van der Waals surface area contributed by atoms with Gasteiger partial charge in [0.1, 0.15) is 11.8 Å².